The molecule has 1 saturated heterocycles. The van der Waals surface area contributed by atoms with Gasteiger partial charge >= 0.3 is 0 Å². The van der Waals surface area contributed by atoms with Crippen molar-refractivity contribution in [3.05, 3.63) is 22.2 Å². The van der Waals surface area contributed by atoms with Gasteiger partial charge < -0.3 is 15.6 Å². The van der Waals surface area contributed by atoms with Crippen molar-refractivity contribution < 1.29 is 0 Å². The third kappa shape index (κ3) is 2.41. The van der Waals surface area contributed by atoms with E-state index in [-0.39, 0.29) is 11.6 Å². The van der Waals surface area contributed by atoms with Crippen LogP contribution in [-0.2, 0) is 6.42 Å². The molecule has 88 valence electrons. The first kappa shape index (κ1) is 11.1. The molecule has 0 radical (unpaired) electrons. The Balaban J connectivity index is 2.25. The standard InChI is InChI=1S/C11H18N4O/c1-2-9-13-10(6-11(16)14-9)15-5-3-4-8(12)7-15/h6,8H,2-5,7,12H2,1H3,(H,13,14,16)/t8-/m1/s1. The molecule has 1 aromatic heterocycles. The van der Waals surface area contributed by atoms with Crippen LogP contribution >= 0.6 is 0 Å². The Bertz CT molecular complexity index is 415. The predicted octanol–water partition coefficient (Wildman–Crippen LogP) is 0.260. The van der Waals surface area contributed by atoms with Crippen LogP contribution in [0.15, 0.2) is 10.9 Å². The van der Waals surface area contributed by atoms with Crippen molar-refractivity contribution in [2.75, 3.05) is 18.0 Å². The van der Waals surface area contributed by atoms with Crippen molar-refractivity contribution >= 4 is 5.82 Å². The third-order valence-corrected chi connectivity index (χ3v) is 2.89. The van der Waals surface area contributed by atoms with Crippen molar-refractivity contribution in [1.29, 1.82) is 0 Å². The molecular weight excluding hydrogens is 204 g/mol. The molecule has 0 unspecified atom stereocenters. The first-order valence-corrected chi connectivity index (χ1v) is 5.80. The maximum absolute atomic E-state index is 11.4. The first-order chi connectivity index (χ1) is 7.69. The fraction of sp³-hybridized carbons (Fsp3) is 0.636. The number of hydrogen-bond donors (Lipinski definition) is 2. The number of aromatic amines is 1. The van der Waals surface area contributed by atoms with Crippen LogP contribution in [0, 0.1) is 0 Å². The second-order valence-electron chi connectivity index (χ2n) is 4.25. The van der Waals surface area contributed by atoms with E-state index >= 15 is 0 Å². The summed E-state index contributed by atoms with van der Waals surface area (Å²) in [5.41, 5.74) is 5.83. The number of nitrogens with one attached hydrogen (secondary N) is 1. The van der Waals surface area contributed by atoms with Gasteiger partial charge in [-0.05, 0) is 12.8 Å². The predicted molar refractivity (Wildman–Crippen MR) is 63.7 cm³/mol. The summed E-state index contributed by atoms with van der Waals surface area (Å²) in [6.07, 6.45) is 2.86. The van der Waals surface area contributed by atoms with Crippen molar-refractivity contribution in [2.24, 2.45) is 5.73 Å². The zero-order valence-corrected chi connectivity index (χ0v) is 9.57. The monoisotopic (exact) mass is 222 g/mol. The van der Waals surface area contributed by atoms with Gasteiger partial charge in [-0.25, -0.2) is 4.98 Å². The van der Waals surface area contributed by atoms with Gasteiger partial charge in [-0.3, -0.25) is 4.79 Å². The number of anilines is 1. The van der Waals surface area contributed by atoms with Crippen LogP contribution in [0.4, 0.5) is 5.82 Å². The number of piperidine rings is 1. The molecule has 3 N–H and O–H groups in total. The topological polar surface area (TPSA) is 75.0 Å². The van der Waals surface area contributed by atoms with E-state index < -0.39 is 0 Å². The molecule has 0 aliphatic carbocycles. The minimum atomic E-state index is -0.0824. The number of aromatic nitrogens is 2. The Morgan fingerprint density at radius 3 is 3.19 bits per heavy atom. The summed E-state index contributed by atoms with van der Waals surface area (Å²) < 4.78 is 0. The van der Waals surface area contributed by atoms with Crippen LogP contribution < -0.4 is 16.2 Å². The Hall–Kier alpha value is -1.36. The van der Waals surface area contributed by atoms with E-state index in [2.05, 4.69) is 14.9 Å². The fourth-order valence-corrected chi connectivity index (χ4v) is 2.04. The van der Waals surface area contributed by atoms with E-state index in [0.29, 0.717) is 0 Å². The van der Waals surface area contributed by atoms with Crippen molar-refractivity contribution in [3.63, 3.8) is 0 Å². The van der Waals surface area contributed by atoms with Crippen LogP contribution in [0.5, 0.6) is 0 Å². The Morgan fingerprint density at radius 2 is 2.50 bits per heavy atom. The largest absolute Gasteiger partial charge is 0.355 e. The molecule has 1 aliphatic rings. The summed E-state index contributed by atoms with van der Waals surface area (Å²) >= 11 is 0. The lowest BCUT2D eigenvalue weighted by Crippen LogP contribution is -2.43. The summed E-state index contributed by atoms with van der Waals surface area (Å²) in [6, 6.07) is 1.75. The van der Waals surface area contributed by atoms with Gasteiger partial charge in [0, 0.05) is 31.6 Å². The fourth-order valence-electron chi connectivity index (χ4n) is 2.04. The average molecular weight is 222 g/mol. The molecule has 1 fully saturated rings. The molecule has 0 spiro atoms. The molecule has 1 aliphatic heterocycles. The number of rotatable bonds is 2. The van der Waals surface area contributed by atoms with Crippen LogP contribution in [0.25, 0.3) is 0 Å². The Kier molecular flexibility index (Phi) is 3.24. The van der Waals surface area contributed by atoms with Gasteiger partial charge in [-0.15, -0.1) is 0 Å². The van der Waals surface area contributed by atoms with Crippen LogP contribution in [0.3, 0.4) is 0 Å². The summed E-state index contributed by atoms with van der Waals surface area (Å²) in [5.74, 6) is 1.50. The zero-order chi connectivity index (χ0) is 11.5. The number of H-pyrrole nitrogens is 1. The van der Waals surface area contributed by atoms with E-state index in [4.69, 9.17) is 5.73 Å². The molecule has 0 aromatic carbocycles. The van der Waals surface area contributed by atoms with Crippen LogP contribution in [0.1, 0.15) is 25.6 Å². The molecule has 0 saturated carbocycles. The lowest BCUT2D eigenvalue weighted by molar-refractivity contribution is 0.502. The molecule has 5 nitrogen and oxygen atoms in total. The highest BCUT2D eigenvalue weighted by Crippen LogP contribution is 2.15. The van der Waals surface area contributed by atoms with Gasteiger partial charge in [-0.2, -0.15) is 0 Å². The lowest BCUT2D eigenvalue weighted by Gasteiger charge is -2.31. The molecule has 1 aromatic rings. The van der Waals surface area contributed by atoms with Gasteiger partial charge in [0.05, 0.1) is 0 Å². The number of aryl methyl sites for hydroxylation is 1. The number of nitrogens with zero attached hydrogens (tertiary/aromatic N) is 2. The smallest absolute Gasteiger partial charge is 0.252 e. The highest BCUT2D eigenvalue weighted by molar-refractivity contribution is 5.38. The molecule has 2 heterocycles. The summed E-state index contributed by atoms with van der Waals surface area (Å²) in [7, 11) is 0. The van der Waals surface area contributed by atoms with Crippen molar-refractivity contribution in [2.45, 2.75) is 32.2 Å². The maximum atomic E-state index is 11.4. The highest BCUT2D eigenvalue weighted by atomic mass is 16.1. The van der Waals surface area contributed by atoms with E-state index in [1.165, 1.54) is 0 Å². The SMILES string of the molecule is CCc1nc(N2CCC[C@@H](N)C2)cc(=O)[nH]1. The molecular formula is C11H18N4O. The molecule has 16 heavy (non-hydrogen) atoms. The number of nitrogens with two attached hydrogens (primary N) is 1. The maximum Gasteiger partial charge on any atom is 0.252 e. The molecule has 5 heteroatoms. The van der Waals surface area contributed by atoms with Gasteiger partial charge in [-0.1, -0.05) is 6.92 Å². The first-order valence-electron chi connectivity index (χ1n) is 5.80. The van der Waals surface area contributed by atoms with Gasteiger partial charge in [0.15, 0.2) is 0 Å². The van der Waals surface area contributed by atoms with Gasteiger partial charge in [0.1, 0.15) is 11.6 Å². The average Bonchev–Trinajstić information content (AvgIpc) is 2.28. The summed E-state index contributed by atoms with van der Waals surface area (Å²) in [4.78, 5) is 20.7. The quantitative estimate of drug-likeness (QED) is 0.752. The Labute approximate surface area is 94.7 Å². The van der Waals surface area contributed by atoms with E-state index in [9.17, 15) is 4.79 Å². The molecule has 2 rings (SSSR count). The Morgan fingerprint density at radius 1 is 1.69 bits per heavy atom. The minimum absolute atomic E-state index is 0.0824. The highest BCUT2D eigenvalue weighted by Gasteiger charge is 2.18. The minimum Gasteiger partial charge on any atom is -0.355 e. The van der Waals surface area contributed by atoms with Gasteiger partial charge in [0.25, 0.3) is 5.56 Å². The summed E-state index contributed by atoms with van der Waals surface area (Å²) in [6.45, 7) is 3.71. The second-order valence-corrected chi connectivity index (χ2v) is 4.25. The molecule has 0 amide bonds. The van der Waals surface area contributed by atoms with E-state index in [1.807, 2.05) is 6.92 Å². The van der Waals surface area contributed by atoms with Crippen LogP contribution in [0.2, 0.25) is 0 Å². The van der Waals surface area contributed by atoms with Crippen LogP contribution in [-0.4, -0.2) is 29.1 Å². The van der Waals surface area contributed by atoms with E-state index in [0.717, 1.165) is 44.0 Å². The van der Waals surface area contributed by atoms with Crippen molar-refractivity contribution in [3.8, 4) is 0 Å². The van der Waals surface area contributed by atoms with Gasteiger partial charge in [0.2, 0.25) is 0 Å². The summed E-state index contributed by atoms with van der Waals surface area (Å²) in [5, 5.41) is 0. The molecule has 0 bridgehead atoms. The molecule has 1 atom stereocenters. The third-order valence-electron chi connectivity index (χ3n) is 2.89. The normalized spacial score (nSPS) is 21.1. The van der Waals surface area contributed by atoms with Crippen molar-refractivity contribution in [1.82, 2.24) is 9.97 Å². The second kappa shape index (κ2) is 4.65. The number of hydrogen-bond acceptors (Lipinski definition) is 4. The van der Waals surface area contributed by atoms with E-state index in [1.54, 1.807) is 6.07 Å². The zero-order valence-electron chi connectivity index (χ0n) is 9.57. The lowest BCUT2D eigenvalue weighted by atomic mass is 10.1.